The van der Waals surface area contributed by atoms with Crippen LogP contribution in [0.3, 0.4) is 0 Å². The molecule has 0 unspecified atom stereocenters. The number of aryl methyl sites for hydroxylation is 1. The average molecular weight is 294 g/mol. The molecule has 0 saturated carbocycles. The standard InChI is InChI=1S/C14H18N2O5/c1-7-5-16(13(18)15-11(7)17)12-8(2)10-9(6-19-12)20-14(3,4)21-10/h5,9-10,12H,2,6H2,1,3-4H3,(H,15,17,18)/t9-,10+,12+/m1/s1. The van der Waals surface area contributed by atoms with E-state index in [1.54, 1.807) is 6.92 Å². The number of rotatable bonds is 1. The van der Waals surface area contributed by atoms with Gasteiger partial charge in [0.05, 0.1) is 6.61 Å². The quantitative estimate of drug-likeness (QED) is 0.760. The lowest BCUT2D eigenvalue weighted by atomic mass is 10.0. The molecule has 0 aliphatic carbocycles. The van der Waals surface area contributed by atoms with E-state index in [4.69, 9.17) is 14.2 Å². The SMILES string of the molecule is C=C1[C@@H]2OC(C)(C)O[C@@H]2CO[C@@H]1n1cc(C)c(=O)[nH]c1=O. The first kappa shape index (κ1) is 14.2. The summed E-state index contributed by atoms with van der Waals surface area (Å²) >= 11 is 0. The molecule has 7 nitrogen and oxygen atoms in total. The van der Waals surface area contributed by atoms with E-state index in [1.165, 1.54) is 10.8 Å². The van der Waals surface area contributed by atoms with Gasteiger partial charge in [-0.25, -0.2) is 4.79 Å². The van der Waals surface area contributed by atoms with Crippen LogP contribution in [0.25, 0.3) is 0 Å². The highest BCUT2D eigenvalue weighted by Crippen LogP contribution is 2.39. The summed E-state index contributed by atoms with van der Waals surface area (Å²) in [5.41, 5.74) is 0.0907. The minimum Gasteiger partial charge on any atom is -0.351 e. The maximum Gasteiger partial charge on any atom is 0.330 e. The Labute approximate surface area is 121 Å². The lowest BCUT2D eigenvalue weighted by Gasteiger charge is -2.33. The first-order chi connectivity index (χ1) is 9.78. The highest BCUT2D eigenvalue weighted by molar-refractivity contribution is 5.16. The molecular weight excluding hydrogens is 276 g/mol. The van der Waals surface area contributed by atoms with Gasteiger partial charge in [0.2, 0.25) is 0 Å². The zero-order chi connectivity index (χ0) is 15.4. The van der Waals surface area contributed by atoms with Crippen molar-refractivity contribution in [1.29, 1.82) is 0 Å². The minimum absolute atomic E-state index is 0.233. The second-order valence-corrected chi connectivity index (χ2v) is 5.83. The first-order valence-corrected chi connectivity index (χ1v) is 6.76. The van der Waals surface area contributed by atoms with Crippen LogP contribution in [-0.2, 0) is 14.2 Å². The van der Waals surface area contributed by atoms with Crippen molar-refractivity contribution in [2.24, 2.45) is 0 Å². The smallest absolute Gasteiger partial charge is 0.330 e. The third kappa shape index (κ3) is 2.37. The van der Waals surface area contributed by atoms with Crippen LogP contribution in [0, 0.1) is 6.92 Å². The van der Waals surface area contributed by atoms with Gasteiger partial charge in [0.25, 0.3) is 5.56 Å². The number of fused-ring (bicyclic) bond motifs is 1. The van der Waals surface area contributed by atoms with E-state index in [-0.39, 0.29) is 12.2 Å². The number of nitrogens with zero attached hydrogens (tertiary/aromatic N) is 1. The van der Waals surface area contributed by atoms with E-state index in [2.05, 4.69) is 11.6 Å². The lowest BCUT2D eigenvalue weighted by Crippen LogP contribution is -2.43. The first-order valence-electron chi connectivity index (χ1n) is 6.76. The molecule has 3 rings (SSSR count). The van der Waals surface area contributed by atoms with Crippen molar-refractivity contribution in [3.8, 4) is 0 Å². The molecule has 3 atom stereocenters. The largest absolute Gasteiger partial charge is 0.351 e. The van der Waals surface area contributed by atoms with Crippen LogP contribution in [0.4, 0.5) is 0 Å². The van der Waals surface area contributed by atoms with Crippen molar-refractivity contribution < 1.29 is 14.2 Å². The van der Waals surface area contributed by atoms with Crippen LogP contribution in [0.1, 0.15) is 25.6 Å². The summed E-state index contributed by atoms with van der Waals surface area (Å²) in [5, 5.41) is 0. The van der Waals surface area contributed by atoms with Gasteiger partial charge in [-0.05, 0) is 20.8 Å². The molecular formula is C14H18N2O5. The molecule has 1 N–H and O–H groups in total. The van der Waals surface area contributed by atoms with Gasteiger partial charge in [0.15, 0.2) is 12.0 Å². The Hall–Kier alpha value is -1.70. The van der Waals surface area contributed by atoms with Gasteiger partial charge in [0.1, 0.15) is 12.2 Å². The minimum atomic E-state index is -0.706. The van der Waals surface area contributed by atoms with Gasteiger partial charge < -0.3 is 14.2 Å². The second kappa shape index (κ2) is 4.66. The molecule has 1 aromatic heterocycles. The van der Waals surface area contributed by atoms with Gasteiger partial charge in [-0.3, -0.25) is 14.3 Å². The highest BCUT2D eigenvalue weighted by Gasteiger charge is 2.47. The summed E-state index contributed by atoms with van der Waals surface area (Å²) in [6, 6.07) is 0. The number of ether oxygens (including phenoxy) is 3. The Bertz CT molecular complexity index is 702. The molecule has 0 bridgehead atoms. The van der Waals surface area contributed by atoms with Gasteiger partial charge in [0, 0.05) is 17.3 Å². The monoisotopic (exact) mass is 294 g/mol. The molecule has 0 radical (unpaired) electrons. The van der Waals surface area contributed by atoms with E-state index in [1.807, 2.05) is 13.8 Å². The molecule has 7 heteroatoms. The molecule has 3 heterocycles. The van der Waals surface area contributed by atoms with E-state index in [9.17, 15) is 9.59 Å². The molecule has 2 aliphatic rings. The number of hydrogen-bond acceptors (Lipinski definition) is 5. The van der Waals surface area contributed by atoms with E-state index < -0.39 is 23.3 Å². The zero-order valence-corrected chi connectivity index (χ0v) is 12.2. The Balaban J connectivity index is 1.95. The molecule has 114 valence electrons. The van der Waals surface area contributed by atoms with Crippen LogP contribution >= 0.6 is 0 Å². The fraction of sp³-hybridized carbons (Fsp3) is 0.571. The van der Waals surface area contributed by atoms with Gasteiger partial charge in [-0.1, -0.05) is 6.58 Å². The summed E-state index contributed by atoms with van der Waals surface area (Å²) in [5.74, 6) is -0.706. The van der Waals surface area contributed by atoms with Crippen LogP contribution in [0.15, 0.2) is 27.9 Å². The van der Waals surface area contributed by atoms with Crippen LogP contribution in [-0.4, -0.2) is 34.2 Å². The summed E-state index contributed by atoms with van der Waals surface area (Å²) < 4.78 is 18.6. The summed E-state index contributed by atoms with van der Waals surface area (Å²) in [4.78, 5) is 25.7. The molecule has 21 heavy (non-hydrogen) atoms. The number of aromatic amines is 1. The number of nitrogens with one attached hydrogen (secondary N) is 1. The maximum absolute atomic E-state index is 12.0. The fourth-order valence-corrected chi connectivity index (χ4v) is 2.72. The number of aromatic nitrogens is 2. The van der Waals surface area contributed by atoms with Gasteiger partial charge >= 0.3 is 5.69 Å². The summed E-state index contributed by atoms with van der Waals surface area (Å²) in [7, 11) is 0. The van der Waals surface area contributed by atoms with E-state index >= 15 is 0 Å². The van der Waals surface area contributed by atoms with Crippen molar-refractivity contribution >= 4 is 0 Å². The lowest BCUT2D eigenvalue weighted by molar-refractivity contribution is -0.146. The molecule has 2 fully saturated rings. The summed E-state index contributed by atoms with van der Waals surface area (Å²) in [6.45, 7) is 9.56. The van der Waals surface area contributed by atoms with Crippen molar-refractivity contribution in [1.82, 2.24) is 9.55 Å². The third-order valence-corrected chi connectivity index (χ3v) is 3.68. The highest BCUT2D eigenvalue weighted by atomic mass is 16.8. The Kier molecular flexibility index (Phi) is 3.16. The maximum atomic E-state index is 12.0. The number of H-pyrrole nitrogens is 1. The number of hydrogen-bond donors (Lipinski definition) is 1. The Morgan fingerprint density at radius 1 is 1.38 bits per heavy atom. The Morgan fingerprint density at radius 2 is 2.10 bits per heavy atom. The second-order valence-electron chi connectivity index (χ2n) is 5.83. The molecule has 0 spiro atoms. The molecule has 0 aromatic carbocycles. The molecule has 1 aromatic rings. The molecule has 2 aliphatic heterocycles. The predicted molar refractivity (Wildman–Crippen MR) is 74.0 cm³/mol. The van der Waals surface area contributed by atoms with Crippen molar-refractivity contribution in [2.45, 2.75) is 45.0 Å². The van der Waals surface area contributed by atoms with Crippen molar-refractivity contribution in [3.63, 3.8) is 0 Å². The zero-order valence-electron chi connectivity index (χ0n) is 12.2. The fourth-order valence-electron chi connectivity index (χ4n) is 2.72. The van der Waals surface area contributed by atoms with Crippen LogP contribution < -0.4 is 11.2 Å². The van der Waals surface area contributed by atoms with E-state index in [0.29, 0.717) is 17.7 Å². The third-order valence-electron chi connectivity index (χ3n) is 3.68. The predicted octanol–water partition coefficient (Wildman–Crippen LogP) is 0.450. The van der Waals surface area contributed by atoms with Crippen LogP contribution in [0.2, 0.25) is 0 Å². The molecule has 0 amide bonds. The normalized spacial score (nSPS) is 31.2. The van der Waals surface area contributed by atoms with Gasteiger partial charge in [-0.15, -0.1) is 0 Å². The Morgan fingerprint density at radius 3 is 2.81 bits per heavy atom. The van der Waals surface area contributed by atoms with Crippen molar-refractivity contribution in [2.75, 3.05) is 6.61 Å². The summed E-state index contributed by atoms with van der Waals surface area (Å²) in [6.07, 6.45) is 0.228. The average Bonchev–Trinajstić information content (AvgIpc) is 2.70. The van der Waals surface area contributed by atoms with E-state index in [0.717, 1.165) is 0 Å². The van der Waals surface area contributed by atoms with Crippen LogP contribution in [0.5, 0.6) is 0 Å². The van der Waals surface area contributed by atoms with Crippen molar-refractivity contribution in [3.05, 3.63) is 44.8 Å². The molecule has 2 saturated heterocycles. The topological polar surface area (TPSA) is 82.6 Å². The van der Waals surface area contributed by atoms with Gasteiger partial charge in [-0.2, -0.15) is 0 Å².